The molecule has 1 fully saturated rings. The standard InChI is InChI=1S/C14H18INO/c1-14(2)9-3-4-12(14)13(17)16-11-7-5-10(15)6-8-11/h5-8,12H,3-4,9H2,1-2H3,(H,16,17). The Morgan fingerprint density at radius 3 is 2.53 bits per heavy atom. The molecule has 1 aliphatic carbocycles. The summed E-state index contributed by atoms with van der Waals surface area (Å²) in [4.78, 5) is 12.2. The van der Waals surface area contributed by atoms with Crippen molar-refractivity contribution < 1.29 is 4.79 Å². The van der Waals surface area contributed by atoms with Crippen molar-refractivity contribution in [3.05, 3.63) is 27.8 Å². The second-order valence-electron chi connectivity index (χ2n) is 5.43. The highest BCUT2D eigenvalue weighted by Gasteiger charge is 2.39. The van der Waals surface area contributed by atoms with Gasteiger partial charge in [0.25, 0.3) is 0 Å². The van der Waals surface area contributed by atoms with Crippen molar-refractivity contribution in [2.24, 2.45) is 11.3 Å². The number of anilines is 1. The summed E-state index contributed by atoms with van der Waals surface area (Å²) >= 11 is 2.26. The summed E-state index contributed by atoms with van der Waals surface area (Å²) in [5.74, 6) is 0.329. The maximum atomic E-state index is 12.2. The smallest absolute Gasteiger partial charge is 0.228 e. The van der Waals surface area contributed by atoms with E-state index in [0.29, 0.717) is 0 Å². The molecule has 0 bridgehead atoms. The Morgan fingerprint density at radius 2 is 2.00 bits per heavy atom. The van der Waals surface area contributed by atoms with E-state index < -0.39 is 0 Å². The predicted octanol–water partition coefficient (Wildman–Crippen LogP) is 4.06. The van der Waals surface area contributed by atoms with Gasteiger partial charge >= 0.3 is 0 Å². The number of carbonyl (C=O) groups is 1. The van der Waals surface area contributed by atoms with Crippen LogP contribution in [-0.4, -0.2) is 5.91 Å². The molecular formula is C14H18INO. The second kappa shape index (κ2) is 4.96. The number of halogens is 1. The van der Waals surface area contributed by atoms with E-state index in [1.165, 1.54) is 3.57 Å². The van der Waals surface area contributed by atoms with Gasteiger partial charge in [-0.05, 0) is 65.1 Å². The van der Waals surface area contributed by atoms with E-state index >= 15 is 0 Å². The summed E-state index contributed by atoms with van der Waals surface area (Å²) < 4.78 is 1.18. The number of carbonyl (C=O) groups excluding carboxylic acids is 1. The van der Waals surface area contributed by atoms with Gasteiger partial charge in [-0.15, -0.1) is 0 Å². The summed E-state index contributed by atoms with van der Waals surface area (Å²) in [5, 5.41) is 3.02. The van der Waals surface area contributed by atoms with E-state index in [-0.39, 0.29) is 17.2 Å². The van der Waals surface area contributed by atoms with Crippen molar-refractivity contribution in [1.82, 2.24) is 0 Å². The van der Waals surface area contributed by atoms with Crippen LogP contribution in [0.3, 0.4) is 0 Å². The van der Waals surface area contributed by atoms with Crippen LogP contribution in [0.1, 0.15) is 33.1 Å². The van der Waals surface area contributed by atoms with E-state index in [4.69, 9.17) is 0 Å². The molecule has 0 aliphatic heterocycles. The van der Waals surface area contributed by atoms with Crippen molar-refractivity contribution in [2.45, 2.75) is 33.1 Å². The third-order valence-electron chi connectivity index (χ3n) is 3.69. The molecule has 0 heterocycles. The van der Waals surface area contributed by atoms with Crippen LogP contribution in [0.5, 0.6) is 0 Å². The van der Waals surface area contributed by atoms with Gasteiger partial charge in [0.05, 0.1) is 0 Å². The number of hydrogen-bond donors (Lipinski definition) is 1. The van der Waals surface area contributed by atoms with Gasteiger partial charge in [-0.3, -0.25) is 4.79 Å². The van der Waals surface area contributed by atoms with Crippen LogP contribution in [0.15, 0.2) is 24.3 Å². The van der Waals surface area contributed by atoms with Crippen molar-refractivity contribution in [3.8, 4) is 0 Å². The SMILES string of the molecule is CC1(C)CCCC1C(=O)Nc1ccc(I)cc1. The Kier molecular flexibility index (Phi) is 3.76. The van der Waals surface area contributed by atoms with Gasteiger partial charge in [0.15, 0.2) is 0 Å². The first-order valence-corrected chi connectivity index (χ1v) is 7.13. The molecule has 1 atom stereocenters. The molecule has 1 aliphatic rings. The maximum Gasteiger partial charge on any atom is 0.228 e. The quantitative estimate of drug-likeness (QED) is 0.807. The number of rotatable bonds is 2. The fourth-order valence-electron chi connectivity index (χ4n) is 2.58. The largest absolute Gasteiger partial charge is 0.326 e. The molecule has 1 unspecified atom stereocenters. The molecule has 0 radical (unpaired) electrons. The first-order valence-electron chi connectivity index (χ1n) is 6.05. The number of amides is 1. The van der Waals surface area contributed by atoms with E-state index in [1.807, 2.05) is 24.3 Å². The zero-order valence-electron chi connectivity index (χ0n) is 10.3. The number of benzene rings is 1. The van der Waals surface area contributed by atoms with E-state index in [1.54, 1.807) is 0 Å². The molecule has 17 heavy (non-hydrogen) atoms. The number of nitrogens with one attached hydrogen (secondary N) is 1. The van der Waals surface area contributed by atoms with Gasteiger partial charge in [-0.2, -0.15) is 0 Å². The van der Waals surface area contributed by atoms with Crippen LogP contribution in [-0.2, 0) is 4.79 Å². The lowest BCUT2D eigenvalue weighted by Gasteiger charge is -2.25. The lowest BCUT2D eigenvalue weighted by molar-refractivity contribution is -0.122. The minimum absolute atomic E-state index is 0.146. The van der Waals surface area contributed by atoms with Crippen LogP contribution in [0.2, 0.25) is 0 Å². The molecule has 3 heteroatoms. The highest BCUT2D eigenvalue weighted by molar-refractivity contribution is 14.1. The minimum atomic E-state index is 0.146. The van der Waals surface area contributed by atoms with Crippen LogP contribution in [0.4, 0.5) is 5.69 Å². The van der Waals surface area contributed by atoms with Crippen LogP contribution < -0.4 is 5.32 Å². The zero-order valence-corrected chi connectivity index (χ0v) is 12.5. The van der Waals surface area contributed by atoms with Crippen LogP contribution in [0.25, 0.3) is 0 Å². The van der Waals surface area contributed by atoms with E-state index in [0.717, 1.165) is 24.9 Å². The Labute approximate surface area is 116 Å². The first-order chi connectivity index (χ1) is 7.99. The van der Waals surface area contributed by atoms with Crippen LogP contribution in [0, 0.1) is 14.9 Å². The normalized spacial score (nSPS) is 22.4. The molecule has 0 saturated heterocycles. The summed E-state index contributed by atoms with van der Waals surface area (Å²) in [7, 11) is 0. The summed E-state index contributed by atoms with van der Waals surface area (Å²) in [6.07, 6.45) is 3.33. The van der Waals surface area contributed by atoms with Crippen molar-refractivity contribution in [3.63, 3.8) is 0 Å². The Bertz CT molecular complexity index is 411. The van der Waals surface area contributed by atoms with Crippen molar-refractivity contribution in [1.29, 1.82) is 0 Å². The zero-order chi connectivity index (χ0) is 12.5. The Morgan fingerprint density at radius 1 is 1.35 bits per heavy atom. The molecule has 92 valence electrons. The minimum Gasteiger partial charge on any atom is -0.326 e. The monoisotopic (exact) mass is 343 g/mol. The third kappa shape index (κ3) is 3.00. The van der Waals surface area contributed by atoms with Crippen molar-refractivity contribution >= 4 is 34.2 Å². The molecule has 0 aromatic heterocycles. The molecule has 0 spiro atoms. The molecule has 2 rings (SSSR count). The number of hydrogen-bond acceptors (Lipinski definition) is 1. The van der Waals surface area contributed by atoms with Gasteiger partial charge in [-0.25, -0.2) is 0 Å². The van der Waals surface area contributed by atoms with Gasteiger partial charge in [0.1, 0.15) is 0 Å². The maximum absolute atomic E-state index is 12.2. The van der Waals surface area contributed by atoms with E-state index in [9.17, 15) is 4.79 Å². The molecule has 1 amide bonds. The Hall–Kier alpha value is -0.580. The third-order valence-corrected chi connectivity index (χ3v) is 4.40. The van der Waals surface area contributed by atoms with Gasteiger partial charge < -0.3 is 5.32 Å². The highest BCUT2D eigenvalue weighted by Crippen LogP contribution is 2.42. The molecular weight excluding hydrogens is 325 g/mol. The van der Waals surface area contributed by atoms with Gasteiger partial charge in [-0.1, -0.05) is 20.3 Å². The Balaban J connectivity index is 2.04. The van der Waals surface area contributed by atoms with Crippen molar-refractivity contribution in [2.75, 3.05) is 5.32 Å². The highest BCUT2D eigenvalue weighted by atomic mass is 127. The fraction of sp³-hybridized carbons (Fsp3) is 0.500. The molecule has 1 aromatic rings. The summed E-state index contributed by atoms with van der Waals surface area (Å²) in [5.41, 5.74) is 1.05. The van der Waals surface area contributed by atoms with Gasteiger partial charge in [0.2, 0.25) is 5.91 Å². The van der Waals surface area contributed by atoms with E-state index in [2.05, 4.69) is 41.8 Å². The molecule has 1 saturated carbocycles. The summed E-state index contributed by atoms with van der Waals surface area (Å²) in [6, 6.07) is 7.94. The summed E-state index contributed by atoms with van der Waals surface area (Å²) in [6.45, 7) is 4.39. The topological polar surface area (TPSA) is 29.1 Å². The average molecular weight is 343 g/mol. The lowest BCUT2D eigenvalue weighted by Crippen LogP contribution is -2.30. The fourth-order valence-corrected chi connectivity index (χ4v) is 2.93. The van der Waals surface area contributed by atoms with Gasteiger partial charge in [0, 0.05) is 15.2 Å². The first kappa shape index (κ1) is 12.9. The predicted molar refractivity (Wildman–Crippen MR) is 78.9 cm³/mol. The average Bonchev–Trinajstić information content (AvgIpc) is 2.61. The molecule has 1 aromatic carbocycles. The molecule has 2 nitrogen and oxygen atoms in total. The second-order valence-corrected chi connectivity index (χ2v) is 6.68. The van der Waals surface area contributed by atoms with Crippen LogP contribution >= 0.6 is 22.6 Å². The lowest BCUT2D eigenvalue weighted by atomic mass is 9.81. The molecule has 1 N–H and O–H groups in total.